The highest BCUT2D eigenvalue weighted by Gasteiger charge is 2.05. The third-order valence-electron chi connectivity index (χ3n) is 3.15. The topological polar surface area (TPSA) is 22.1 Å². The predicted molar refractivity (Wildman–Crippen MR) is 85.0 cm³/mol. The number of aromatic nitrogens is 1. The number of pyridine rings is 1. The predicted octanol–water partition coefficient (Wildman–Crippen LogP) is 4.88. The van der Waals surface area contributed by atoms with Gasteiger partial charge in [-0.05, 0) is 47.1 Å². The highest BCUT2D eigenvalue weighted by Crippen LogP contribution is 2.26. The number of hydrogen-bond acceptors (Lipinski definition) is 2. The summed E-state index contributed by atoms with van der Waals surface area (Å²) >= 11 is 3.50. The molecule has 0 amide bonds. The van der Waals surface area contributed by atoms with Crippen molar-refractivity contribution in [3.63, 3.8) is 0 Å². The van der Waals surface area contributed by atoms with Gasteiger partial charge in [-0.15, -0.1) is 0 Å². The molecule has 0 N–H and O–H groups in total. The second-order valence-corrected chi connectivity index (χ2v) is 5.51. The number of nitrogens with zero attached hydrogens (tertiary/aromatic N) is 1. The number of rotatable bonds is 3. The smallest absolute Gasteiger partial charge is 0.133 e. The molecule has 1 aromatic heterocycles. The number of para-hydroxylation sites is 2. The molecule has 2 aromatic carbocycles. The van der Waals surface area contributed by atoms with Crippen LogP contribution in [-0.4, -0.2) is 4.98 Å². The van der Waals surface area contributed by atoms with Crippen molar-refractivity contribution >= 4 is 26.8 Å². The zero-order valence-electron chi connectivity index (χ0n) is 11.1. The minimum Gasteiger partial charge on any atom is -0.488 e. The highest BCUT2D eigenvalue weighted by molar-refractivity contribution is 9.10. The van der Waals surface area contributed by atoms with Gasteiger partial charge in [0.1, 0.15) is 12.4 Å². The molecule has 0 bridgehead atoms. The molecule has 0 atom stereocenters. The van der Waals surface area contributed by atoms with Crippen molar-refractivity contribution in [3.05, 3.63) is 70.3 Å². The van der Waals surface area contributed by atoms with E-state index in [-0.39, 0.29) is 0 Å². The molecule has 0 fully saturated rings. The van der Waals surface area contributed by atoms with E-state index >= 15 is 0 Å². The minimum atomic E-state index is 0.534. The molecule has 2 nitrogen and oxygen atoms in total. The Balaban J connectivity index is 1.93. The monoisotopic (exact) mass is 327 g/mol. The third kappa shape index (κ3) is 2.68. The van der Waals surface area contributed by atoms with Crippen molar-refractivity contribution in [3.8, 4) is 5.75 Å². The quantitative estimate of drug-likeness (QED) is 0.683. The van der Waals surface area contributed by atoms with Gasteiger partial charge in [0.25, 0.3) is 0 Å². The van der Waals surface area contributed by atoms with Crippen LogP contribution in [0.4, 0.5) is 0 Å². The average Bonchev–Trinajstić information content (AvgIpc) is 2.46. The van der Waals surface area contributed by atoms with Gasteiger partial charge in [0, 0.05) is 16.6 Å². The van der Waals surface area contributed by atoms with Gasteiger partial charge in [-0.2, -0.15) is 0 Å². The fraction of sp³-hybridized carbons (Fsp3) is 0.118. The van der Waals surface area contributed by atoms with E-state index in [0.29, 0.717) is 6.61 Å². The number of aryl methyl sites for hydroxylation is 1. The lowest BCUT2D eigenvalue weighted by Gasteiger charge is -2.11. The molecule has 3 rings (SSSR count). The van der Waals surface area contributed by atoms with E-state index in [2.05, 4.69) is 33.0 Å². The maximum absolute atomic E-state index is 5.91. The average molecular weight is 328 g/mol. The van der Waals surface area contributed by atoms with Crippen molar-refractivity contribution < 1.29 is 4.74 Å². The summed E-state index contributed by atoms with van der Waals surface area (Å²) in [5.74, 6) is 0.853. The zero-order valence-corrected chi connectivity index (χ0v) is 12.7. The van der Waals surface area contributed by atoms with E-state index in [4.69, 9.17) is 4.74 Å². The number of halogens is 1. The first-order valence-electron chi connectivity index (χ1n) is 6.46. The first-order valence-corrected chi connectivity index (χ1v) is 7.26. The van der Waals surface area contributed by atoms with E-state index in [9.17, 15) is 0 Å². The number of benzene rings is 2. The van der Waals surface area contributed by atoms with Crippen LogP contribution in [0.1, 0.15) is 11.3 Å². The van der Waals surface area contributed by atoms with Crippen molar-refractivity contribution in [2.45, 2.75) is 13.5 Å². The van der Waals surface area contributed by atoms with Crippen LogP contribution in [0.25, 0.3) is 10.9 Å². The fourth-order valence-corrected chi connectivity index (χ4v) is 2.63. The first kappa shape index (κ1) is 13.1. The number of fused-ring (bicyclic) bond motifs is 1. The Morgan fingerprint density at radius 2 is 1.80 bits per heavy atom. The Hall–Kier alpha value is -1.87. The van der Waals surface area contributed by atoms with Gasteiger partial charge < -0.3 is 4.74 Å². The first-order chi connectivity index (χ1) is 9.74. The Labute approximate surface area is 126 Å². The van der Waals surface area contributed by atoms with E-state index in [1.165, 1.54) is 0 Å². The van der Waals surface area contributed by atoms with Crippen molar-refractivity contribution in [1.82, 2.24) is 4.98 Å². The fourth-order valence-electron chi connectivity index (χ4n) is 2.23. The molecule has 0 spiro atoms. The van der Waals surface area contributed by atoms with E-state index in [1.54, 1.807) is 0 Å². The molecule has 0 aliphatic heterocycles. The molecule has 0 saturated heterocycles. The molecule has 0 aliphatic rings. The molecular formula is C17H14BrNO. The lowest BCUT2D eigenvalue weighted by atomic mass is 10.1. The van der Waals surface area contributed by atoms with Gasteiger partial charge in [0.15, 0.2) is 0 Å². The van der Waals surface area contributed by atoms with Crippen LogP contribution in [0, 0.1) is 6.92 Å². The van der Waals surface area contributed by atoms with Crippen LogP contribution < -0.4 is 4.74 Å². The highest BCUT2D eigenvalue weighted by atomic mass is 79.9. The molecule has 0 unspecified atom stereocenters. The van der Waals surface area contributed by atoms with Crippen LogP contribution >= 0.6 is 15.9 Å². The normalized spacial score (nSPS) is 10.7. The summed E-state index contributed by atoms with van der Waals surface area (Å²) in [6.45, 7) is 2.54. The van der Waals surface area contributed by atoms with Gasteiger partial charge in [-0.1, -0.05) is 30.3 Å². The van der Waals surface area contributed by atoms with Gasteiger partial charge in [-0.3, -0.25) is 4.98 Å². The van der Waals surface area contributed by atoms with Crippen LogP contribution in [0.5, 0.6) is 5.75 Å². The summed E-state index contributed by atoms with van der Waals surface area (Å²) in [6, 6.07) is 18.1. The summed E-state index contributed by atoms with van der Waals surface area (Å²) < 4.78 is 6.88. The summed E-state index contributed by atoms with van der Waals surface area (Å²) in [6.07, 6.45) is 0. The Bertz CT molecular complexity index is 755. The van der Waals surface area contributed by atoms with Gasteiger partial charge >= 0.3 is 0 Å². The van der Waals surface area contributed by atoms with Gasteiger partial charge in [0.05, 0.1) is 9.99 Å². The zero-order chi connectivity index (χ0) is 13.9. The molecule has 3 aromatic rings. The largest absolute Gasteiger partial charge is 0.488 e. The minimum absolute atomic E-state index is 0.534. The lowest BCUT2D eigenvalue weighted by molar-refractivity contribution is 0.305. The second-order valence-electron chi connectivity index (χ2n) is 4.66. The summed E-state index contributed by atoms with van der Waals surface area (Å²) in [4.78, 5) is 4.54. The van der Waals surface area contributed by atoms with Crippen molar-refractivity contribution in [2.24, 2.45) is 0 Å². The molecule has 0 saturated carbocycles. The molecule has 100 valence electrons. The Morgan fingerprint density at radius 1 is 1.05 bits per heavy atom. The van der Waals surface area contributed by atoms with Crippen LogP contribution in [-0.2, 0) is 6.61 Å². The molecule has 20 heavy (non-hydrogen) atoms. The summed E-state index contributed by atoms with van der Waals surface area (Å²) in [5.41, 5.74) is 3.18. The maximum atomic E-state index is 5.91. The maximum Gasteiger partial charge on any atom is 0.133 e. The molecule has 1 heterocycles. The number of hydrogen-bond donors (Lipinski definition) is 0. The van der Waals surface area contributed by atoms with Crippen molar-refractivity contribution in [1.29, 1.82) is 0 Å². The van der Waals surface area contributed by atoms with E-state index in [0.717, 1.165) is 32.4 Å². The Kier molecular flexibility index (Phi) is 3.70. The van der Waals surface area contributed by atoms with E-state index < -0.39 is 0 Å². The molecule has 3 heteroatoms. The molecular weight excluding hydrogens is 314 g/mol. The summed E-state index contributed by atoms with van der Waals surface area (Å²) in [7, 11) is 0. The summed E-state index contributed by atoms with van der Waals surface area (Å²) in [5, 5.41) is 1.14. The van der Waals surface area contributed by atoms with Crippen LogP contribution in [0.2, 0.25) is 0 Å². The van der Waals surface area contributed by atoms with Gasteiger partial charge in [-0.25, -0.2) is 0 Å². The molecule has 0 aliphatic carbocycles. The van der Waals surface area contributed by atoms with Crippen LogP contribution in [0.15, 0.2) is 59.1 Å². The standard InChI is InChI=1S/C17H14BrNO/c1-12-10-13(14-6-2-4-8-16(14)19-12)11-20-17-9-5-3-7-15(17)18/h2-10H,11H2,1H3. The SMILES string of the molecule is Cc1cc(COc2ccccc2Br)c2ccccc2n1. The molecule has 0 radical (unpaired) electrons. The third-order valence-corrected chi connectivity index (χ3v) is 3.80. The number of ether oxygens (including phenoxy) is 1. The Morgan fingerprint density at radius 3 is 2.65 bits per heavy atom. The lowest BCUT2D eigenvalue weighted by Crippen LogP contribution is -1.99. The van der Waals surface area contributed by atoms with Crippen molar-refractivity contribution in [2.75, 3.05) is 0 Å². The van der Waals surface area contributed by atoms with Crippen LogP contribution in [0.3, 0.4) is 0 Å². The van der Waals surface area contributed by atoms with E-state index in [1.807, 2.05) is 49.4 Å². The van der Waals surface area contributed by atoms with Gasteiger partial charge in [0.2, 0.25) is 0 Å². The second kappa shape index (κ2) is 5.63.